The molecule has 2 heterocycles. The van der Waals surface area contributed by atoms with Crippen LogP contribution in [-0.4, -0.2) is 41.0 Å². The molecule has 3 rings (SSSR count). The maximum absolute atomic E-state index is 13.7. The van der Waals surface area contributed by atoms with Gasteiger partial charge >= 0.3 is 24.8 Å². The van der Waals surface area contributed by atoms with Crippen molar-refractivity contribution in [3.63, 3.8) is 0 Å². The largest absolute Gasteiger partial charge is 1.00 e. The molecule has 1 aliphatic heterocycles. The van der Waals surface area contributed by atoms with E-state index < -0.39 is 17.8 Å². The molecule has 0 saturated carbocycles. The predicted octanol–water partition coefficient (Wildman–Crippen LogP) is 0.310. The molecule has 0 aliphatic carbocycles. The molecule has 1 amide bonds. The number of carbonyl (C=O) groups is 2. The number of halogens is 2. The molecular weight excluding hydrogens is 424 g/mol. The summed E-state index contributed by atoms with van der Waals surface area (Å²) in [5, 5.41) is 9.68. The van der Waals surface area contributed by atoms with Gasteiger partial charge in [0.1, 0.15) is 11.6 Å². The second-order valence-corrected chi connectivity index (χ2v) is 7.78. The Morgan fingerprint density at radius 3 is 2.73 bits per heavy atom. The Labute approximate surface area is 173 Å². The molecule has 6 nitrogen and oxygen atoms in total. The third-order valence-electron chi connectivity index (χ3n) is 3.88. The number of nitrogens with zero attached hydrogens (tertiary/aromatic N) is 1. The molecule has 0 spiro atoms. The van der Waals surface area contributed by atoms with Crippen LogP contribution in [-0.2, 0) is 11.2 Å². The Hall–Kier alpha value is -1.37. The van der Waals surface area contributed by atoms with Crippen LogP contribution in [0.5, 0.6) is 5.75 Å². The van der Waals surface area contributed by atoms with Crippen LogP contribution in [0.4, 0.5) is 4.39 Å². The maximum Gasteiger partial charge on any atom is 1.00 e. The van der Waals surface area contributed by atoms with E-state index in [4.69, 9.17) is 4.74 Å². The number of benzene rings is 1. The number of carboxylic acid groups (broad SMARTS) is 1. The van der Waals surface area contributed by atoms with Gasteiger partial charge in [0.15, 0.2) is 6.04 Å². The molecule has 1 aromatic heterocycles. The first-order valence-corrected chi connectivity index (χ1v) is 8.68. The Morgan fingerprint density at radius 2 is 2.12 bits per heavy atom. The second-order valence-electron chi connectivity index (χ2n) is 5.26. The number of rotatable bonds is 4. The van der Waals surface area contributed by atoms with Crippen LogP contribution in [0.3, 0.4) is 0 Å². The van der Waals surface area contributed by atoms with Crippen molar-refractivity contribution < 1.29 is 48.2 Å². The van der Waals surface area contributed by atoms with Crippen molar-refractivity contribution in [2.75, 3.05) is 13.7 Å². The van der Waals surface area contributed by atoms with Crippen LogP contribution in [0.25, 0.3) is 0 Å². The molecule has 0 saturated heterocycles. The molecule has 0 fully saturated rings. The van der Waals surface area contributed by atoms with E-state index in [1.165, 1.54) is 35.5 Å². The van der Waals surface area contributed by atoms with Gasteiger partial charge in [-0.25, -0.2) is 9.18 Å². The van der Waals surface area contributed by atoms with Gasteiger partial charge in [-0.05, 0) is 40.2 Å². The van der Waals surface area contributed by atoms with E-state index in [1.807, 2.05) is 0 Å². The molecule has 2 aromatic rings. The Kier molecular flexibility index (Phi) is 7.86. The van der Waals surface area contributed by atoms with Crippen LogP contribution in [0.2, 0.25) is 0 Å². The number of methoxy groups -OCH3 is 1. The van der Waals surface area contributed by atoms with Crippen LogP contribution in [0.1, 0.15) is 26.8 Å². The van der Waals surface area contributed by atoms with Gasteiger partial charge in [-0.15, -0.1) is 11.3 Å². The van der Waals surface area contributed by atoms with Crippen molar-refractivity contribution in [1.82, 2.24) is 4.90 Å². The molecule has 0 bridgehead atoms. The van der Waals surface area contributed by atoms with Gasteiger partial charge < -0.3 is 20.2 Å². The number of amides is 1. The maximum atomic E-state index is 13.7. The summed E-state index contributed by atoms with van der Waals surface area (Å²) in [6.45, 7) is 0.245. The summed E-state index contributed by atoms with van der Waals surface area (Å²) in [6.07, 6.45) is 0.554. The first kappa shape index (κ1) is 22.7. The Balaban J connectivity index is 0.00000169. The predicted molar refractivity (Wildman–Crippen MR) is 92.0 cm³/mol. The first-order valence-electron chi connectivity index (χ1n) is 7.07. The van der Waals surface area contributed by atoms with Gasteiger partial charge in [0.2, 0.25) is 0 Å². The van der Waals surface area contributed by atoms with E-state index in [0.29, 0.717) is 12.0 Å². The number of ether oxygens (including phenoxy) is 1. The zero-order valence-corrected chi connectivity index (χ0v) is 16.4. The Bertz CT molecular complexity index is 831. The number of hydrogen-bond donors (Lipinski definition) is 1. The summed E-state index contributed by atoms with van der Waals surface area (Å²) in [4.78, 5) is 26.8. The van der Waals surface area contributed by atoms with E-state index in [2.05, 4.69) is 15.9 Å². The topological polar surface area (TPSA) is 96.8 Å². The van der Waals surface area contributed by atoms with Crippen LogP contribution >= 0.6 is 27.3 Å². The van der Waals surface area contributed by atoms with Gasteiger partial charge in [-0.1, -0.05) is 0 Å². The summed E-state index contributed by atoms with van der Waals surface area (Å²) in [6, 6.07) is 4.03. The first-order chi connectivity index (χ1) is 11.4. The quantitative estimate of drug-likeness (QED) is 0.694. The molecule has 26 heavy (non-hydrogen) atoms. The van der Waals surface area contributed by atoms with E-state index in [9.17, 15) is 19.1 Å². The molecule has 1 atom stereocenters. The molecular formula is C16H14BrFLiNO5S. The molecule has 1 unspecified atom stereocenters. The minimum Gasteiger partial charge on any atom is -0.870 e. The number of carboxylic acids is 1. The Morgan fingerprint density at radius 1 is 1.42 bits per heavy atom. The normalized spacial score (nSPS) is 14.0. The zero-order valence-electron chi connectivity index (χ0n) is 14.0. The van der Waals surface area contributed by atoms with Crippen molar-refractivity contribution in [2.24, 2.45) is 0 Å². The van der Waals surface area contributed by atoms with Gasteiger partial charge in [0.05, 0.1) is 16.5 Å². The van der Waals surface area contributed by atoms with Crippen molar-refractivity contribution in [3.05, 3.63) is 49.9 Å². The monoisotopic (exact) mass is 437 g/mol. The standard InChI is InChI=1S/C16H13BrFNO4S.Li.H2O/c1-23-11-3-2-8(18)6-9(11)14(16(21)22)19-5-4-12-10(15(19)20)7-13(17)24-12;;/h2-3,6-7,14H,4-5H2,1H3,(H,21,22);;1H2/q;+1;/p-1. The van der Waals surface area contributed by atoms with E-state index >= 15 is 0 Å². The summed E-state index contributed by atoms with van der Waals surface area (Å²) >= 11 is 4.80. The minimum atomic E-state index is -1.31. The number of aliphatic carboxylic acids is 1. The fourth-order valence-corrected chi connectivity index (χ4v) is 4.52. The van der Waals surface area contributed by atoms with E-state index in [1.54, 1.807) is 6.07 Å². The molecule has 2 N–H and O–H groups in total. The average Bonchev–Trinajstić information content (AvgIpc) is 2.91. The van der Waals surface area contributed by atoms with Crippen molar-refractivity contribution in [3.8, 4) is 5.75 Å². The van der Waals surface area contributed by atoms with E-state index in [0.717, 1.165) is 14.7 Å². The van der Waals surface area contributed by atoms with Crippen LogP contribution < -0.4 is 23.6 Å². The third kappa shape index (κ3) is 4.13. The van der Waals surface area contributed by atoms with Crippen molar-refractivity contribution in [2.45, 2.75) is 12.5 Å². The van der Waals surface area contributed by atoms with Gasteiger partial charge in [0.25, 0.3) is 5.91 Å². The van der Waals surface area contributed by atoms with Crippen molar-refractivity contribution >= 4 is 39.1 Å². The summed E-state index contributed by atoms with van der Waals surface area (Å²) < 4.78 is 19.6. The number of thiophene rings is 1. The minimum absolute atomic E-state index is 0. The number of fused-ring (bicyclic) bond motifs is 1. The van der Waals surface area contributed by atoms with Gasteiger partial charge in [-0.3, -0.25) is 4.79 Å². The van der Waals surface area contributed by atoms with Gasteiger partial charge in [-0.2, -0.15) is 0 Å². The zero-order chi connectivity index (χ0) is 17.4. The average molecular weight is 438 g/mol. The SMILES string of the molecule is COc1ccc(F)cc1C(C(=O)O)N1CCc2sc(Br)cc2C1=O.[Li+].[OH-]. The van der Waals surface area contributed by atoms with Crippen LogP contribution in [0, 0.1) is 5.82 Å². The molecule has 1 aromatic carbocycles. The third-order valence-corrected chi connectivity index (χ3v) is 5.58. The van der Waals surface area contributed by atoms with Gasteiger partial charge in [0, 0.05) is 23.4 Å². The number of carbonyl (C=O) groups excluding carboxylic acids is 1. The van der Waals surface area contributed by atoms with Crippen molar-refractivity contribution in [1.29, 1.82) is 0 Å². The molecule has 0 radical (unpaired) electrons. The molecule has 1 aliphatic rings. The summed E-state index contributed by atoms with van der Waals surface area (Å²) in [5.74, 6) is -1.96. The molecule has 134 valence electrons. The fourth-order valence-electron chi connectivity index (χ4n) is 2.84. The second kappa shape index (κ2) is 9.02. The summed E-state index contributed by atoms with van der Waals surface area (Å²) in [7, 11) is 1.38. The summed E-state index contributed by atoms with van der Waals surface area (Å²) in [5.41, 5.74) is 0.607. The smallest absolute Gasteiger partial charge is 0.870 e. The molecule has 10 heteroatoms. The number of hydrogen-bond acceptors (Lipinski definition) is 5. The fraction of sp³-hybridized carbons (Fsp3) is 0.250. The van der Waals surface area contributed by atoms with E-state index in [-0.39, 0.29) is 48.1 Å². The van der Waals surface area contributed by atoms with Crippen LogP contribution in [0.15, 0.2) is 28.1 Å².